The van der Waals surface area contributed by atoms with Crippen LogP contribution in [0.25, 0.3) is 0 Å². The van der Waals surface area contributed by atoms with Crippen LogP contribution in [0.1, 0.15) is 20.3 Å². The van der Waals surface area contributed by atoms with E-state index in [4.69, 9.17) is 14.5 Å². The predicted molar refractivity (Wildman–Crippen MR) is 139 cm³/mol. The lowest BCUT2D eigenvalue weighted by Gasteiger charge is -2.20. The number of methoxy groups -OCH3 is 1. The first-order chi connectivity index (χ1) is 14.7. The van der Waals surface area contributed by atoms with E-state index in [-0.39, 0.29) is 30.1 Å². The second-order valence-electron chi connectivity index (χ2n) is 7.62. The van der Waals surface area contributed by atoms with Crippen molar-refractivity contribution in [3.05, 3.63) is 54.6 Å². The summed E-state index contributed by atoms with van der Waals surface area (Å²) >= 11 is 0. The number of aliphatic imine (C=N–C) groups is 1. The molecule has 1 fully saturated rings. The zero-order valence-corrected chi connectivity index (χ0v) is 21.0. The van der Waals surface area contributed by atoms with Crippen LogP contribution in [0.3, 0.4) is 0 Å². The van der Waals surface area contributed by atoms with Gasteiger partial charge in [-0.3, -0.25) is 0 Å². The van der Waals surface area contributed by atoms with Gasteiger partial charge in [0.05, 0.1) is 13.7 Å². The highest BCUT2D eigenvalue weighted by Crippen LogP contribution is 2.27. The van der Waals surface area contributed by atoms with Crippen molar-refractivity contribution in [1.29, 1.82) is 0 Å². The molecule has 2 N–H and O–H groups in total. The normalized spacial score (nSPS) is 16.9. The van der Waals surface area contributed by atoms with E-state index in [9.17, 15) is 0 Å². The van der Waals surface area contributed by atoms with Crippen molar-refractivity contribution >= 4 is 35.6 Å². The van der Waals surface area contributed by atoms with Gasteiger partial charge in [-0.25, -0.2) is 4.99 Å². The van der Waals surface area contributed by atoms with Crippen LogP contribution in [0.15, 0.2) is 59.6 Å². The predicted octanol–water partition coefficient (Wildman–Crippen LogP) is 4.16. The smallest absolute Gasteiger partial charge is 0.191 e. The molecular weight excluding hydrogens is 503 g/mol. The number of para-hydroxylation sites is 3. The first kappa shape index (κ1) is 25.1. The molecule has 7 heteroatoms. The van der Waals surface area contributed by atoms with Crippen molar-refractivity contribution in [2.24, 2.45) is 10.9 Å². The fourth-order valence-electron chi connectivity index (χ4n) is 3.65. The fourth-order valence-corrected chi connectivity index (χ4v) is 3.65. The maximum absolute atomic E-state index is 6.01. The molecule has 1 aliphatic heterocycles. The first-order valence-corrected chi connectivity index (χ1v) is 10.8. The van der Waals surface area contributed by atoms with Gasteiger partial charge in [-0.1, -0.05) is 30.3 Å². The van der Waals surface area contributed by atoms with Crippen molar-refractivity contribution < 1.29 is 9.47 Å². The Labute approximate surface area is 203 Å². The molecule has 170 valence electrons. The lowest BCUT2D eigenvalue weighted by Crippen LogP contribution is -2.41. The van der Waals surface area contributed by atoms with Crippen molar-refractivity contribution in [2.75, 3.05) is 44.7 Å². The Hall–Kier alpha value is -2.16. The molecule has 1 saturated heterocycles. The Morgan fingerprint density at radius 3 is 2.52 bits per heavy atom. The van der Waals surface area contributed by atoms with E-state index >= 15 is 0 Å². The summed E-state index contributed by atoms with van der Waals surface area (Å²) in [6.45, 7) is 8.59. The van der Waals surface area contributed by atoms with Gasteiger partial charge in [0.25, 0.3) is 0 Å². The molecule has 0 bridgehead atoms. The second-order valence-corrected chi connectivity index (χ2v) is 7.62. The summed E-state index contributed by atoms with van der Waals surface area (Å²) in [5.41, 5.74) is 1.31. The molecular formula is C24H35IN4O2. The van der Waals surface area contributed by atoms with Crippen LogP contribution >= 0.6 is 24.0 Å². The SMILES string of the molecule is CCNC(=NCC(C)Oc1ccccc1OC)NCC1CCN(c2ccccc2)C1.I. The molecule has 3 rings (SSSR count). The Bertz CT molecular complexity index is 803. The van der Waals surface area contributed by atoms with E-state index in [2.05, 4.69) is 52.8 Å². The fraction of sp³-hybridized carbons (Fsp3) is 0.458. The number of nitrogens with one attached hydrogen (secondary N) is 2. The monoisotopic (exact) mass is 538 g/mol. The average molecular weight is 538 g/mol. The number of anilines is 1. The maximum atomic E-state index is 6.01. The molecule has 1 aliphatic rings. The Kier molecular flexibility index (Phi) is 10.8. The summed E-state index contributed by atoms with van der Waals surface area (Å²) in [4.78, 5) is 7.18. The highest BCUT2D eigenvalue weighted by atomic mass is 127. The van der Waals surface area contributed by atoms with E-state index in [0.717, 1.165) is 43.6 Å². The zero-order chi connectivity index (χ0) is 21.2. The largest absolute Gasteiger partial charge is 0.493 e. The minimum atomic E-state index is -0.0585. The molecule has 0 aliphatic carbocycles. The van der Waals surface area contributed by atoms with Crippen LogP contribution in [0.2, 0.25) is 0 Å². The van der Waals surface area contributed by atoms with Gasteiger partial charge in [0, 0.05) is 31.9 Å². The van der Waals surface area contributed by atoms with E-state index < -0.39 is 0 Å². The minimum absolute atomic E-state index is 0. The molecule has 0 radical (unpaired) electrons. The molecule has 2 unspecified atom stereocenters. The highest BCUT2D eigenvalue weighted by Gasteiger charge is 2.22. The molecule has 6 nitrogen and oxygen atoms in total. The van der Waals surface area contributed by atoms with Crippen LogP contribution in [-0.4, -0.2) is 51.9 Å². The number of hydrogen-bond acceptors (Lipinski definition) is 4. The van der Waals surface area contributed by atoms with Gasteiger partial charge in [0.2, 0.25) is 0 Å². The van der Waals surface area contributed by atoms with E-state index in [1.54, 1.807) is 7.11 Å². The topological polar surface area (TPSA) is 58.1 Å². The van der Waals surface area contributed by atoms with Gasteiger partial charge in [-0.15, -0.1) is 24.0 Å². The number of benzene rings is 2. The summed E-state index contributed by atoms with van der Waals surface area (Å²) in [6, 6.07) is 18.3. The number of rotatable bonds is 9. The molecule has 2 atom stereocenters. The molecule has 1 heterocycles. The van der Waals surface area contributed by atoms with Gasteiger partial charge in [0.15, 0.2) is 17.5 Å². The van der Waals surface area contributed by atoms with Crippen LogP contribution in [0, 0.1) is 5.92 Å². The average Bonchev–Trinajstić information content (AvgIpc) is 3.26. The highest BCUT2D eigenvalue weighted by molar-refractivity contribution is 14.0. The van der Waals surface area contributed by atoms with Crippen LogP contribution in [0.4, 0.5) is 5.69 Å². The number of hydrogen-bond donors (Lipinski definition) is 2. The number of nitrogens with zero attached hydrogens (tertiary/aromatic N) is 2. The zero-order valence-electron chi connectivity index (χ0n) is 18.7. The molecule has 0 spiro atoms. The standard InChI is InChI=1S/C24H34N4O2.HI/c1-4-25-24(26-16-19(2)30-23-13-9-8-12-22(23)29-3)27-17-20-14-15-28(18-20)21-10-6-5-7-11-21;/h5-13,19-20H,4,14-18H2,1-3H3,(H2,25,26,27);1H. The summed E-state index contributed by atoms with van der Waals surface area (Å²) < 4.78 is 11.4. The Morgan fingerprint density at radius 2 is 1.81 bits per heavy atom. The van der Waals surface area contributed by atoms with Crippen LogP contribution in [-0.2, 0) is 0 Å². The van der Waals surface area contributed by atoms with Gasteiger partial charge >= 0.3 is 0 Å². The van der Waals surface area contributed by atoms with Gasteiger partial charge < -0.3 is 25.0 Å². The summed E-state index contributed by atoms with van der Waals surface area (Å²) in [5.74, 6) is 2.93. The number of halogens is 1. The molecule has 0 amide bonds. The molecule has 31 heavy (non-hydrogen) atoms. The van der Waals surface area contributed by atoms with E-state index in [0.29, 0.717) is 12.5 Å². The first-order valence-electron chi connectivity index (χ1n) is 10.8. The van der Waals surface area contributed by atoms with Crippen molar-refractivity contribution in [3.8, 4) is 11.5 Å². The molecule has 2 aromatic rings. The third-order valence-electron chi connectivity index (χ3n) is 5.21. The molecule has 0 aromatic heterocycles. The Morgan fingerprint density at radius 1 is 1.10 bits per heavy atom. The van der Waals surface area contributed by atoms with Gasteiger partial charge in [-0.05, 0) is 50.5 Å². The van der Waals surface area contributed by atoms with Crippen LogP contribution in [0.5, 0.6) is 11.5 Å². The quantitative estimate of drug-likeness (QED) is 0.285. The third-order valence-corrected chi connectivity index (χ3v) is 5.21. The van der Waals surface area contributed by atoms with Gasteiger partial charge in [-0.2, -0.15) is 0 Å². The Balaban J connectivity index is 0.00000341. The molecule has 2 aromatic carbocycles. The van der Waals surface area contributed by atoms with Crippen molar-refractivity contribution in [3.63, 3.8) is 0 Å². The number of guanidine groups is 1. The van der Waals surface area contributed by atoms with Crippen molar-refractivity contribution in [1.82, 2.24) is 10.6 Å². The van der Waals surface area contributed by atoms with E-state index in [1.807, 2.05) is 31.2 Å². The molecule has 0 saturated carbocycles. The maximum Gasteiger partial charge on any atom is 0.191 e. The summed E-state index contributed by atoms with van der Waals surface area (Å²) in [7, 11) is 1.65. The van der Waals surface area contributed by atoms with E-state index in [1.165, 1.54) is 12.1 Å². The number of ether oxygens (including phenoxy) is 2. The van der Waals surface area contributed by atoms with Crippen LogP contribution < -0.4 is 25.0 Å². The summed E-state index contributed by atoms with van der Waals surface area (Å²) in [6.07, 6.45) is 1.13. The second kappa shape index (κ2) is 13.3. The minimum Gasteiger partial charge on any atom is -0.493 e. The third kappa shape index (κ3) is 7.79. The van der Waals surface area contributed by atoms with Crippen molar-refractivity contribution in [2.45, 2.75) is 26.4 Å². The lowest BCUT2D eigenvalue weighted by molar-refractivity contribution is 0.219. The lowest BCUT2D eigenvalue weighted by atomic mass is 10.1. The summed E-state index contributed by atoms with van der Waals surface area (Å²) in [5, 5.41) is 6.84. The van der Waals surface area contributed by atoms with Gasteiger partial charge in [0.1, 0.15) is 6.10 Å².